The molecule has 4 aliphatic rings. The molecule has 33 heteroatoms. The summed E-state index contributed by atoms with van der Waals surface area (Å²) in [7, 11) is 0. The van der Waals surface area contributed by atoms with E-state index >= 15 is 4.79 Å². The van der Waals surface area contributed by atoms with Crippen LogP contribution < -0.4 is 16.0 Å². The van der Waals surface area contributed by atoms with Gasteiger partial charge in [0.25, 0.3) is 5.79 Å². The van der Waals surface area contributed by atoms with Crippen LogP contribution in [-0.2, 0) is 142 Å². The summed E-state index contributed by atoms with van der Waals surface area (Å²) in [4.78, 5) is 161. The summed E-state index contributed by atoms with van der Waals surface area (Å²) in [5.41, 5.74) is 4.52. The highest BCUT2D eigenvalue weighted by Gasteiger charge is 2.62. The van der Waals surface area contributed by atoms with E-state index in [1.165, 1.54) is 6.92 Å². The van der Waals surface area contributed by atoms with Gasteiger partial charge in [-0.25, -0.2) is 14.4 Å². The summed E-state index contributed by atoms with van der Waals surface area (Å²) in [5, 5.41) is 31.5. The summed E-state index contributed by atoms with van der Waals surface area (Å²) in [6, 6.07) is 26.0. The van der Waals surface area contributed by atoms with E-state index in [0.29, 0.717) is 11.1 Å². The summed E-state index contributed by atoms with van der Waals surface area (Å²) >= 11 is 0. The van der Waals surface area contributed by atoms with Gasteiger partial charge >= 0.3 is 59.8 Å². The Bertz CT molecular complexity index is 3700. The third-order valence-corrected chi connectivity index (χ3v) is 16.9. The molecule has 3 heterocycles. The number of nitrogens with one attached hydrogen (secondary N) is 3. The first kappa shape index (κ1) is 80.7. The molecule has 0 bridgehead atoms. The molecule has 3 fully saturated rings. The quantitative estimate of drug-likeness (QED) is 0.0357. The Labute approximate surface area is 602 Å². The van der Waals surface area contributed by atoms with Crippen LogP contribution in [0.4, 0.5) is 4.79 Å². The van der Waals surface area contributed by atoms with Crippen molar-refractivity contribution in [1.82, 2.24) is 16.0 Å². The number of alkyl carbamates (subject to hydrolysis) is 1. The number of carboxylic acid groups (broad SMARTS) is 1. The van der Waals surface area contributed by atoms with Crippen molar-refractivity contribution in [1.29, 1.82) is 0 Å². The number of rotatable bonds is 31. The number of hydrogen-bond donors (Lipinski definition) is 5. The summed E-state index contributed by atoms with van der Waals surface area (Å²) in [6.07, 6.45) is -29.4. The van der Waals surface area contributed by atoms with Crippen molar-refractivity contribution in [2.45, 2.75) is 205 Å². The lowest BCUT2D eigenvalue weighted by Crippen LogP contribution is -2.71. The number of fused-ring (bicyclic) bond motifs is 3. The molecule has 3 amide bonds. The predicted molar refractivity (Wildman–Crippen MR) is 354 cm³/mol. The van der Waals surface area contributed by atoms with Crippen molar-refractivity contribution < 1.29 is 144 Å². The maximum Gasteiger partial charge on any atom is 0.407 e. The maximum atomic E-state index is 15.4. The molecular weight excluding hydrogens is 1390 g/mol. The van der Waals surface area contributed by atoms with Gasteiger partial charge in [0.2, 0.25) is 11.8 Å². The molecule has 0 spiro atoms. The topological polar surface area (TPSA) is 429 Å². The minimum absolute atomic E-state index is 0.0764. The molecule has 0 aromatic heterocycles. The molecule has 1 aliphatic carbocycles. The molecule has 4 aromatic carbocycles. The van der Waals surface area contributed by atoms with Crippen molar-refractivity contribution >= 4 is 71.6 Å². The smallest absolute Gasteiger partial charge is 0.407 e. The van der Waals surface area contributed by atoms with Crippen LogP contribution in [0.2, 0.25) is 0 Å². The predicted octanol–water partition coefficient (Wildman–Crippen LogP) is 3.20. The second kappa shape index (κ2) is 37.1. The fourth-order valence-corrected chi connectivity index (χ4v) is 12.7. The molecule has 105 heavy (non-hydrogen) atoms. The number of hydrogen-bond acceptors (Lipinski definition) is 29. The Balaban J connectivity index is 1.24. The zero-order chi connectivity index (χ0) is 76.4. The fraction of sp³-hybridized carbons (Fsp3) is 0.500. The van der Waals surface area contributed by atoms with Crippen LogP contribution in [0.25, 0.3) is 11.1 Å². The van der Waals surface area contributed by atoms with Crippen molar-refractivity contribution in [3.63, 3.8) is 0 Å². The van der Waals surface area contributed by atoms with Crippen LogP contribution in [0.1, 0.15) is 104 Å². The zero-order valence-electron chi connectivity index (χ0n) is 59.1. The van der Waals surface area contributed by atoms with Gasteiger partial charge in [-0.05, 0) is 40.3 Å². The van der Waals surface area contributed by atoms with Gasteiger partial charge in [0.05, 0.1) is 38.4 Å². The van der Waals surface area contributed by atoms with Crippen molar-refractivity contribution in [3.8, 4) is 11.1 Å². The molecule has 33 nitrogen and oxygen atoms in total. The molecule has 18 atom stereocenters. The van der Waals surface area contributed by atoms with E-state index in [9.17, 15) is 63.0 Å². The second-order valence-electron chi connectivity index (χ2n) is 25.1. The third kappa shape index (κ3) is 21.8. The molecule has 4 aromatic rings. The van der Waals surface area contributed by atoms with E-state index in [0.717, 1.165) is 84.6 Å². The Hall–Kier alpha value is -10.0. The van der Waals surface area contributed by atoms with Crippen LogP contribution in [0.3, 0.4) is 0 Å². The van der Waals surface area contributed by atoms with E-state index in [2.05, 4.69) is 16.0 Å². The number of aliphatic hydroxyl groups excluding tert-OH is 1. The number of esters is 8. The Morgan fingerprint density at radius 3 is 1.63 bits per heavy atom. The standard InChI is InChI=1S/C72H85N3O30/c1-36(57(67(86)87)75-71(89)93-32-52-50-27-19-17-25-48(50)49-26-18-20-28-51(49)52)95-68-59(74-38(3)77)63(104-69-66(101-45(10)84)65(100-44(9)83)62(99-43(8)82)55(103-69)33-90-30-46-21-13-11-14-22-46)60(85)54(102-68)35-94-72(70(88)92-31-47-23-15-12-16-24-47)29-53(96-40(5)79)58(73-37(2)76)64(105-72)61(98-42(7)81)56(97-41(6)80)34-91-39(4)78/h11-28,36,52-66,68-69,85H,29-35H2,1-10H3,(H,73,76)(H,74,77)(H,75,89)(H,86,87)/t36-,53+,54-,55-,56-,57+,58-,59-,60+,61-,62+,63-,64-,65+,66-,68+,69+,72-/m1/s1. The van der Waals surface area contributed by atoms with Gasteiger partial charge in [-0.2, -0.15) is 0 Å². The first-order chi connectivity index (χ1) is 49.9. The molecule has 568 valence electrons. The van der Waals surface area contributed by atoms with Crippen LogP contribution in [0.15, 0.2) is 109 Å². The monoisotopic (exact) mass is 1470 g/mol. The van der Waals surface area contributed by atoms with Gasteiger partial charge in [0.15, 0.2) is 49.1 Å². The first-order valence-electron chi connectivity index (χ1n) is 33.4. The lowest BCUT2D eigenvalue weighted by Gasteiger charge is -2.50. The average Bonchev–Trinajstić information content (AvgIpc) is 1.76. The SMILES string of the molecule is CC(=O)N[C@H]1[C@@H](O[C@H](C)[C@H](NC(=O)OCC2c3ccccc3-c3ccccc32)C(=O)O)O[C@H](CO[C@]2(C(=O)OCc3ccccc3)C[C@H](OC(C)=O)[C@@H](NC(C)=O)[C@H]([C@H](OC(C)=O)[C@@H](COC(C)=O)OC(C)=O)O2)[C@H](O)[C@@H]1O[C@@H]1O[C@H](COCc2ccccc2)[C@H](OC(C)=O)[C@H](OC(C)=O)[C@H]1OC(C)=O. The van der Waals surface area contributed by atoms with E-state index in [1.807, 2.05) is 48.5 Å². The number of carbonyl (C=O) groups excluding carboxylic acids is 11. The van der Waals surface area contributed by atoms with E-state index in [1.54, 1.807) is 60.7 Å². The fourth-order valence-electron chi connectivity index (χ4n) is 12.7. The van der Waals surface area contributed by atoms with Crippen LogP contribution in [-0.4, -0.2) is 218 Å². The third-order valence-electron chi connectivity index (χ3n) is 16.9. The lowest BCUT2D eigenvalue weighted by atomic mass is 9.87. The van der Waals surface area contributed by atoms with Gasteiger partial charge in [0.1, 0.15) is 62.5 Å². The van der Waals surface area contributed by atoms with Crippen molar-refractivity contribution in [2.75, 3.05) is 26.4 Å². The average molecular weight is 1470 g/mol. The van der Waals surface area contributed by atoms with Gasteiger partial charge in [0, 0.05) is 68.2 Å². The summed E-state index contributed by atoms with van der Waals surface area (Å²) in [6.45, 7) is 6.65. The van der Waals surface area contributed by atoms with E-state index < -0.39 is 220 Å². The number of aliphatic hydroxyl groups is 1. The summed E-state index contributed by atoms with van der Waals surface area (Å²) in [5.74, 6) is -15.5. The summed E-state index contributed by atoms with van der Waals surface area (Å²) < 4.78 is 96.7. The van der Waals surface area contributed by atoms with Gasteiger partial charge < -0.3 is 102 Å². The van der Waals surface area contributed by atoms with Crippen molar-refractivity contribution in [2.24, 2.45) is 0 Å². The number of ether oxygens (including phenoxy) is 16. The molecule has 8 rings (SSSR count). The first-order valence-corrected chi connectivity index (χ1v) is 33.4. The van der Waals surface area contributed by atoms with Gasteiger partial charge in [-0.15, -0.1) is 0 Å². The maximum absolute atomic E-state index is 15.4. The second-order valence-corrected chi connectivity index (χ2v) is 25.1. The highest BCUT2D eigenvalue weighted by atomic mass is 16.8. The number of aliphatic carboxylic acids is 1. The molecule has 3 saturated heterocycles. The van der Waals surface area contributed by atoms with Crippen LogP contribution in [0.5, 0.6) is 0 Å². The highest BCUT2D eigenvalue weighted by molar-refractivity contribution is 5.82. The number of carbonyl (C=O) groups is 12. The normalized spacial score (nSPS) is 25.8. The molecule has 0 saturated carbocycles. The van der Waals surface area contributed by atoms with E-state index in [4.69, 9.17) is 75.8 Å². The van der Waals surface area contributed by atoms with Gasteiger partial charge in [-0.3, -0.25) is 43.2 Å². The molecule has 0 unspecified atom stereocenters. The van der Waals surface area contributed by atoms with Gasteiger partial charge in [-0.1, -0.05) is 109 Å². The minimum Gasteiger partial charge on any atom is -0.480 e. The number of carboxylic acids is 1. The van der Waals surface area contributed by atoms with Crippen molar-refractivity contribution in [3.05, 3.63) is 131 Å². The minimum atomic E-state index is -3.06. The lowest BCUT2D eigenvalue weighted by molar-refractivity contribution is -0.359. The Kier molecular flexibility index (Phi) is 28.5. The molecular formula is C72H85N3O30. The molecule has 0 radical (unpaired) electrons. The molecule has 5 N–H and O–H groups in total. The largest absolute Gasteiger partial charge is 0.480 e. The van der Waals surface area contributed by atoms with Crippen LogP contribution in [0, 0.1) is 0 Å². The van der Waals surface area contributed by atoms with E-state index in [-0.39, 0.29) is 13.2 Å². The highest BCUT2D eigenvalue weighted by Crippen LogP contribution is 2.45. The Morgan fingerprint density at radius 2 is 1.08 bits per heavy atom. The Morgan fingerprint density at radius 1 is 0.543 bits per heavy atom. The number of amides is 3. The molecule has 3 aliphatic heterocycles. The van der Waals surface area contributed by atoms with Crippen LogP contribution >= 0.6 is 0 Å². The zero-order valence-corrected chi connectivity index (χ0v) is 59.1. The number of benzene rings is 4.